The summed E-state index contributed by atoms with van der Waals surface area (Å²) in [6, 6.07) is 25.2. The number of hydrogen-bond donors (Lipinski definition) is 1. The lowest BCUT2D eigenvalue weighted by molar-refractivity contribution is -0.140. The molecular weight excluding hydrogens is 600 g/mol. The van der Waals surface area contributed by atoms with Gasteiger partial charge in [-0.2, -0.15) is 0 Å². The van der Waals surface area contributed by atoms with Gasteiger partial charge >= 0.3 is 0 Å². The molecule has 0 aliphatic carbocycles. The molecule has 0 aliphatic rings. The second-order valence-corrected chi connectivity index (χ2v) is 12.5. The van der Waals surface area contributed by atoms with E-state index in [-0.39, 0.29) is 17.6 Å². The minimum Gasteiger partial charge on any atom is -0.350 e. The van der Waals surface area contributed by atoms with E-state index in [1.165, 1.54) is 0 Å². The fourth-order valence-corrected chi connectivity index (χ4v) is 5.34. The first-order chi connectivity index (χ1) is 17.1. The molecule has 0 saturated heterocycles. The zero-order valence-corrected chi connectivity index (χ0v) is 24.8. The largest absolute Gasteiger partial charge is 0.350 e. The Morgan fingerprint density at radius 3 is 2.17 bits per heavy atom. The quantitative estimate of drug-likeness (QED) is 0.262. The van der Waals surface area contributed by atoms with E-state index in [1.54, 1.807) is 16.7 Å². The molecule has 0 aliphatic heterocycles. The average Bonchev–Trinajstić information content (AvgIpc) is 2.82. The van der Waals surface area contributed by atoms with E-state index in [0.29, 0.717) is 13.0 Å². The number of amides is 2. The summed E-state index contributed by atoms with van der Waals surface area (Å²) in [5.41, 5.74) is 2.73. The minimum atomic E-state index is -0.633. The molecule has 4 nitrogen and oxygen atoms in total. The summed E-state index contributed by atoms with van der Waals surface area (Å²) in [4.78, 5) is 29.0. The van der Waals surface area contributed by atoms with E-state index < -0.39 is 11.6 Å². The maximum Gasteiger partial charge on any atom is 0.243 e. The van der Waals surface area contributed by atoms with Crippen LogP contribution in [0.4, 0.5) is 0 Å². The summed E-state index contributed by atoms with van der Waals surface area (Å²) in [7, 11) is 0. The molecule has 2 amide bonds. The van der Waals surface area contributed by atoms with Crippen LogP contribution < -0.4 is 5.32 Å². The van der Waals surface area contributed by atoms with E-state index in [4.69, 9.17) is 0 Å². The van der Waals surface area contributed by atoms with Crippen molar-refractivity contribution in [2.75, 3.05) is 5.75 Å². The zero-order chi connectivity index (χ0) is 26.1. The molecule has 1 atom stereocenters. The van der Waals surface area contributed by atoms with Gasteiger partial charge in [-0.15, -0.1) is 11.8 Å². The van der Waals surface area contributed by atoms with Crippen LogP contribution in [0.15, 0.2) is 87.8 Å². The number of nitrogens with zero attached hydrogens (tertiary/aromatic N) is 1. The van der Waals surface area contributed by atoms with Gasteiger partial charge in [-0.05, 0) is 61.7 Å². The summed E-state index contributed by atoms with van der Waals surface area (Å²) >= 11 is 8.56. The predicted octanol–water partition coefficient (Wildman–Crippen LogP) is 7.00. The highest BCUT2D eigenvalue weighted by Gasteiger charge is 2.32. The van der Waals surface area contributed by atoms with E-state index in [2.05, 4.69) is 49.3 Å². The monoisotopic (exact) mass is 630 g/mol. The second-order valence-electron chi connectivity index (χ2n) is 9.72. The van der Waals surface area contributed by atoms with Crippen molar-refractivity contribution >= 4 is 55.4 Å². The second kappa shape index (κ2) is 13.5. The number of carbonyl (C=O) groups excluding carboxylic acids is 2. The highest BCUT2D eigenvalue weighted by molar-refractivity contribution is 9.10. The van der Waals surface area contributed by atoms with Crippen LogP contribution in [0, 0.1) is 0 Å². The molecule has 0 unspecified atom stereocenters. The lowest BCUT2D eigenvalue weighted by atomic mass is 10.0. The molecule has 0 bridgehead atoms. The number of benzene rings is 3. The first kappa shape index (κ1) is 28.5. The van der Waals surface area contributed by atoms with E-state index >= 15 is 0 Å². The van der Waals surface area contributed by atoms with Gasteiger partial charge in [0.05, 0.1) is 5.75 Å². The van der Waals surface area contributed by atoms with Crippen LogP contribution in [0.25, 0.3) is 0 Å². The first-order valence-corrected chi connectivity index (χ1v) is 14.6. The summed E-state index contributed by atoms with van der Waals surface area (Å²) in [6.45, 7) is 6.23. The Morgan fingerprint density at radius 1 is 0.861 bits per heavy atom. The van der Waals surface area contributed by atoms with Crippen LogP contribution in [0.2, 0.25) is 0 Å². The number of thioether (sulfide) groups is 1. The van der Waals surface area contributed by atoms with Crippen molar-refractivity contribution in [1.82, 2.24) is 10.2 Å². The molecule has 0 radical (unpaired) electrons. The van der Waals surface area contributed by atoms with Crippen molar-refractivity contribution in [2.45, 2.75) is 51.1 Å². The predicted molar refractivity (Wildman–Crippen MR) is 157 cm³/mol. The maximum absolute atomic E-state index is 13.7. The zero-order valence-electron chi connectivity index (χ0n) is 20.8. The molecule has 3 aromatic rings. The summed E-state index contributed by atoms with van der Waals surface area (Å²) in [6.07, 6.45) is 0.444. The molecule has 0 spiro atoms. The van der Waals surface area contributed by atoms with E-state index in [0.717, 1.165) is 31.4 Å². The average molecular weight is 632 g/mol. The van der Waals surface area contributed by atoms with Crippen molar-refractivity contribution in [2.24, 2.45) is 0 Å². The topological polar surface area (TPSA) is 49.4 Å². The highest BCUT2D eigenvalue weighted by atomic mass is 79.9. The van der Waals surface area contributed by atoms with Gasteiger partial charge in [-0.3, -0.25) is 9.59 Å². The molecule has 7 heteroatoms. The Morgan fingerprint density at radius 2 is 1.53 bits per heavy atom. The molecule has 190 valence electrons. The van der Waals surface area contributed by atoms with Crippen molar-refractivity contribution in [3.8, 4) is 0 Å². The van der Waals surface area contributed by atoms with Gasteiger partial charge in [0.15, 0.2) is 0 Å². The van der Waals surface area contributed by atoms with Crippen molar-refractivity contribution in [3.63, 3.8) is 0 Å². The molecular formula is C29H32Br2N2O2S. The van der Waals surface area contributed by atoms with E-state index in [9.17, 15) is 9.59 Å². The smallest absolute Gasteiger partial charge is 0.243 e. The van der Waals surface area contributed by atoms with Gasteiger partial charge in [0.2, 0.25) is 11.8 Å². The summed E-state index contributed by atoms with van der Waals surface area (Å²) < 4.78 is 1.97. The van der Waals surface area contributed by atoms with Gasteiger partial charge < -0.3 is 10.2 Å². The van der Waals surface area contributed by atoms with Crippen LogP contribution in [-0.4, -0.2) is 34.0 Å². The third kappa shape index (κ3) is 9.41. The molecule has 3 aromatic carbocycles. The van der Waals surface area contributed by atoms with Crippen LogP contribution in [0.5, 0.6) is 0 Å². The Hall–Kier alpha value is -2.09. The normalized spacial score (nSPS) is 12.1. The SMILES string of the molecule is CC(C)(C)NC(=O)[C@@H](Cc1ccccc1)N(Cc1cccc(Br)c1)C(=O)CSCc1ccc(Br)cc1. The van der Waals surface area contributed by atoms with Crippen molar-refractivity contribution in [3.05, 3.63) is 104 Å². The van der Waals surface area contributed by atoms with Crippen LogP contribution in [0.1, 0.15) is 37.5 Å². The number of rotatable bonds is 10. The number of nitrogens with one attached hydrogen (secondary N) is 1. The minimum absolute atomic E-state index is 0.0536. The summed E-state index contributed by atoms with van der Waals surface area (Å²) in [5, 5.41) is 3.11. The van der Waals surface area contributed by atoms with Crippen LogP contribution in [0.3, 0.4) is 0 Å². The molecule has 1 N–H and O–H groups in total. The van der Waals surface area contributed by atoms with Gasteiger partial charge in [-0.1, -0.05) is 86.5 Å². The Balaban J connectivity index is 1.86. The molecule has 3 rings (SSSR count). The Kier molecular flexibility index (Phi) is 10.6. The third-order valence-corrected chi connectivity index (χ3v) is 7.43. The Bertz CT molecular complexity index is 1150. The van der Waals surface area contributed by atoms with E-state index in [1.807, 2.05) is 87.5 Å². The van der Waals surface area contributed by atoms with Crippen molar-refractivity contribution < 1.29 is 9.59 Å². The fraction of sp³-hybridized carbons (Fsp3) is 0.310. The van der Waals surface area contributed by atoms with Gasteiger partial charge in [-0.25, -0.2) is 0 Å². The van der Waals surface area contributed by atoms with Crippen LogP contribution in [-0.2, 0) is 28.3 Å². The lowest BCUT2D eigenvalue weighted by Crippen LogP contribution is -2.54. The number of halogens is 2. The van der Waals surface area contributed by atoms with Gasteiger partial charge in [0, 0.05) is 33.2 Å². The lowest BCUT2D eigenvalue weighted by Gasteiger charge is -2.34. The van der Waals surface area contributed by atoms with Crippen molar-refractivity contribution in [1.29, 1.82) is 0 Å². The number of hydrogen-bond acceptors (Lipinski definition) is 3. The highest BCUT2D eigenvalue weighted by Crippen LogP contribution is 2.21. The fourth-order valence-electron chi connectivity index (χ4n) is 3.76. The first-order valence-electron chi connectivity index (χ1n) is 11.8. The molecule has 0 fully saturated rings. The molecule has 36 heavy (non-hydrogen) atoms. The third-order valence-electron chi connectivity index (χ3n) is 5.42. The number of carbonyl (C=O) groups is 2. The van der Waals surface area contributed by atoms with Crippen LogP contribution >= 0.6 is 43.6 Å². The standard InChI is InChI=1S/C29H32Br2N2O2S/c1-29(2,3)32-28(35)26(17-21-8-5-4-6-9-21)33(18-23-10-7-11-25(31)16-23)27(34)20-36-19-22-12-14-24(30)15-13-22/h4-16,26H,17-20H2,1-3H3,(H,32,35)/t26-/m1/s1. The Labute approximate surface area is 235 Å². The van der Waals surface area contributed by atoms with Gasteiger partial charge in [0.25, 0.3) is 0 Å². The summed E-state index contributed by atoms with van der Waals surface area (Å²) in [5.74, 6) is 0.814. The molecule has 0 heterocycles. The molecule has 0 saturated carbocycles. The molecule has 0 aromatic heterocycles. The maximum atomic E-state index is 13.7. The van der Waals surface area contributed by atoms with Gasteiger partial charge in [0.1, 0.15) is 6.04 Å².